The molecule has 0 saturated carbocycles. The molecule has 1 aromatic heterocycles. The topological polar surface area (TPSA) is 57.8 Å². The fourth-order valence-corrected chi connectivity index (χ4v) is 2.42. The van der Waals surface area contributed by atoms with Crippen LogP contribution in [0.5, 0.6) is 0 Å². The summed E-state index contributed by atoms with van der Waals surface area (Å²) in [6.07, 6.45) is -4.38. The number of rotatable bonds is 4. The maximum absolute atomic E-state index is 12.5. The van der Waals surface area contributed by atoms with E-state index < -0.39 is 17.6 Å². The minimum absolute atomic E-state index is 0.103. The average molecular weight is 380 g/mol. The summed E-state index contributed by atoms with van der Waals surface area (Å²) in [4.78, 5) is 12.2. The van der Waals surface area contributed by atoms with E-state index in [0.29, 0.717) is 16.3 Å². The normalized spacial score (nSPS) is 11.4. The van der Waals surface area contributed by atoms with Crippen molar-refractivity contribution in [2.24, 2.45) is 0 Å². The first-order valence-electron chi connectivity index (χ1n) is 7.58. The number of alkyl halides is 3. The Labute approximate surface area is 152 Å². The quantitative estimate of drug-likeness (QED) is 0.691. The monoisotopic (exact) mass is 379 g/mol. The van der Waals surface area contributed by atoms with Crippen molar-refractivity contribution in [3.8, 4) is 11.3 Å². The third kappa shape index (κ3) is 4.23. The number of nitrogens with one attached hydrogen (secondary N) is 2. The van der Waals surface area contributed by atoms with Gasteiger partial charge in [-0.05, 0) is 35.9 Å². The van der Waals surface area contributed by atoms with Crippen LogP contribution in [0.1, 0.15) is 21.6 Å². The number of halogens is 4. The number of hydrogen-bond acceptors (Lipinski definition) is 2. The lowest BCUT2D eigenvalue weighted by Crippen LogP contribution is -2.23. The molecule has 3 aromatic rings. The lowest BCUT2D eigenvalue weighted by atomic mass is 10.1. The molecule has 1 amide bonds. The van der Waals surface area contributed by atoms with Crippen LogP contribution in [0.4, 0.5) is 13.2 Å². The van der Waals surface area contributed by atoms with Gasteiger partial charge in [-0.25, -0.2) is 0 Å². The Kier molecular flexibility index (Phi) is 4.99. The van der Waals surface area contributed by atoms with Gasteiger partial charge in [0.25, 0.3) is 5.91 Å². The van der Waals surface area contributed by atoms with Crippen molar-refractivity contribution in [3.63, 3.8) is 0 Å². The number of carbonyl (C=O) groups excluding carboxylic acids is 1. The summed E-state index contributed by atoms with van der Waals surface area (Å²) in [6, 6.07) is 13.2. The van der Waals surface area contributed by atoms with Crippen LogP contribution in [0.25, 0.3) is 11.3 Å². The lowest BCUT2D eigenvalue weighted by Gasteiger charge is -2.08. The van der Waals surface area contributed by atoms with Crippen molar-refractivity contribution in [1.82, 2.24) is 15.5 Å². The van der Waals surface area contributed by atoms with Crippen LogP contribution in [0, 0.1) is 0 Å². The third-order valence-electron chi connectivity index (χ3n) is 3.70. The van der Waals surface area contributed by atoms with Gasteiger partial charge in [-0.15, -0.1) is 0 Å². The number of amides is 1. The zero-order chi connectivity index (χ0) is 18.7. The molecular weight excluding hydrogens is 367 g/mol. The second-order valence-corrected chi connectivity index (χ2v) is 5.99. The van der Waals surface area contributed by atoms with E-state index in [0.717, 1.165) is 17.7 Å². The Morgan fingerprint density at radius 3 is 2.35 bits per heavy atom. The van der Waals surface area contributed by atoms with E-state index in [2.05, 4.69) is 15.5 Å². The Morgan fingerprint density at radius 1 is 1.08 bits per heavy atom. The molecule has 8 heteroatoms. The molecule has 0 fully saturated rings. The molecule has 1 heterocycles. The Morgan fingerprint density at radius 2 is 1.73 bits per heavy atom. The molecular formula is C18H13ClF3N3O. The van der Waals surface area contributed by atoms with Crippen LogP contribution < -0.4 is 5.32 Å². The SMILES string of the molecule is O=C(NCc1ccc(C(F)(F)F)cc1)c1cc(-c2ccc(Cl)cc2)n[nH]1. The van der Waals surface area contributed by atoms with E-state index in [1.807, 2.05) is 0 Å². The highest BCUT2D eigenvalue weighted by Crippen LogP contribution is 2.29. The van der Waals surface area contributed by atoms with E-state index >= 15 is 0 Å². The summed E-state index contributed by atoms with van der Waals surface area (Å²) in [5, 5.41) is 9.95. The minimum Gasteiger partial charge on any atom is -0.347 e. The van der Waals surface area contributed by atoms with Gasteiger partial charge in [0.05, 0.1) is 11.3 Å². The molecule has 0 radical (unpaired) electrons. The van der Waals surface area contributed by atoms with Crippen LogP contribution in [0.15, 0.2) is 54.6 Å². The van der Waals surface area contributed by atoms with Gasteiger partial charge in [-0.2, -0.15) is 18.3 Å². The van der Waals surface area contributed by atoms with E-state index in [9.17, 15) is 18.0 Å². The number of nitrogens with zero attached hydrogens (tertiary/aromatic N) is 1. The maximum Gasteiger partial charge on any atom is 0.416 e. The van der Waals surface area contributed by atoms with Gasteiger partial charge in [0.15, 0.2) is 0 Å². The van der Waals surface area contributed by atoms with Crippen molar-refractivity contribution in [2.45, 2.75) is 12.7 Å². The van der Waals surface area contributed by atoms with Crippen molar-refractivity contribution in [1.29, 1.82) is 0 Å². The molecule has 2 N–H and O–H groups in total. The molecule has 0 aliphatic carbocycles. The molecule has 4 nitrogen and oxygen atoms in total. The lowest BCUT2D eigenvalue weighted by molar-refractivity contribution is -0.137. The number of hydrogen-bond donors (Lipinski definition) is 2. The molecule has 26 heavy (non-hydrogen) atoms. The van der Waals surface area contributed by atoms with Gasteiger partial charge in [0, 0.05) is 17.1 Å². The van der Waals surface area contributed by atoms with Gasteiger partial charge in [0.2, 0.25) is 0 Å². The highest BCUT2D eigenvalue weighted by atomic mass is 35.5. The molecule has 3 rings (SSSR count). The summed E-state index contributed by atoms with van der Waals surface area (Å²) in [6.45, 7) is 0.103. The molecule has 2 aromatic carbocycles. The Bertz CT molecular complexity index is 903. The molecule has 0 spiro atoms. The summed E-state index contributed by atoms with van der Waals surface area (Å²) < 4.78 is 37.6. The average Bonchev–Trinajstić information content (AvgIpc) is 3.10. The highest BCUT2D eigenvalue weighted by molar-refractivity contribution is 6.30. The molecule has 0 atom stereocenters. The number of carbonyl (C=O) groups is 1. The van der Waals surface area contributed by atoms with Gasteiger partial charge in [-0.3, -0.25) is 9.89 Å². The first-order chi connectivity index (χ1) is 12.3. The Hall–Kier alpha value is -2.80. The predicted molar refractivity (Wildman–Crippen MR) is 91.6 cm³/mol. The fraction of sp³-hybridized carbons (Fsp3) is 0.111. The van der Waals surface area contributed by atoms with Crippen LogP contribution in [-0.2, 0) is 12.7 Å². The summed E-state index contributed by atoms with van der Waals surface area (Å²) in [5.74, 6) is -0.405. The van der Waals surface area contributed by atoms with E-state index in [1.54, 1.807) is 30.3 Å². The fourth-order valence-electron chi connectivity index (χ4n) is 2.30. The molecule has 134 valence electrons. The molecule has 0 saturated heterocycles. The van der Waals surface area contributed by atoms with Crippen molar-refractivity contribution >= 4 is 17.5 Å². The molecule has 0 aliphatic heterocycles. The molecule has 0 bridgehead atoms. The Balaban J connectivity index is 1.63. The zero-order valence-electron chi connectivity index (χ0n) is 13.3. The number of aromatic nitrogens is 2. The summed E-state index contributed by atoms with van der Waals surface area (Å²) >= 11 is 5.83. The summed E-state index contributed by atoms with van der Waals surface area (Å²) in [7, 11) is 0. The minimum atomic E-state index is -4.38. The van der Waals surface area contributed by atoms with Crippen LogP contribution in [0.2, 0.25) is 5.02 Å². The molecule has 0 unspecified atom stereocenters. The number of H-pyrrole nitrogens is 1. The largest absolute Gasteiger partial charge is 0.416 e. The maximum atomic E-state index is 12.5. The second-order valence-electron chi connectivity index (χ2n) is 5.55. The van der Waals surface area contributed by atoms with Gasteiger partial charge in [-0.1, -0.05) is 35.9 Å². The first kappa shape index (κ1) is 18.0. The van der Waals surface area contributed by atoms with E-state index in [1.165, 1.54) is 12.1 Å². The molecule has 0 aliphatic rings. The second kappa shape index (κ2) is 7.21. The van der Waals surface area contributed by atoms with Crippen LogP contribution in [0.3, 0.4) is 0 Å². The third-order valence-corrected chi connectivity index (χ3v) is 3.95. The van der Waals surface area contributed by atoms with Crippen molar-refractivity contribution in [3.05, 3.63) is 76.4 Å². The number of benzene rings is 2. The standard InChI is InChI=1S/C18H13ClF3N3O/c19-14-7-3-12(4-8-14)15-9-16(25-24-15)17(26)23-10-11-1-5-13(6-2-11)18(20,21)22/h1-9H,10H2,(H,23,26)(H,24,25). The van der Waals surface area contributed by atoms with Crippen LogP contribution in [-0.4, -0.2) is 16.1 Å². The van der Waals surface area contributed by atoms with E-state index in [4.69, 9.17) is 11.6 Å². The predicted octanol–water partition coefficient (Wildman–Crippen LogP) is 4.68. The van der Waals surface area contributed by atoms with Crippen LogP contribution >= 0.6 is 11.6 Å². The smallest absolute Gasteiger partial charge is 0.347 e. The summed E-state index contributed by atoms with van der Waals surface area (Å²) in [5.41, 5.74) is 1.47. The van der Waals surface area contributed by atoms with Gasteiger partial charge >= 0.3 is 6.18 Å². The van der Waals surface area contributed by atoms with E-state index in [-0.39, 0.29) is 12.2 Å². The first-order valence-corrected chi connectivity index (χ1v) is 7.96. The van der Waals surface area contributed by atoms with Gasteiger partial charge < -0.3 is 5.32 Å². The number of aromatic amines is 1. The highest BCUT2D eigenvalue weighted by Gasteiger charge is 2.29. The van der Waals surface area contributed by atoms with Crippen molar-refractivity contribution in [2.75, 3.05) is 0 Å². The van der Waals surface area contributed by atoms with Crippen molar-refractivity contribution < 1.29 is 18.0 Å². The zero-order valence-corrected chi connectivity index (χ0v) is 14.0. The van der Waals surface area contributed by atoms with Gasteiger partial charge in [0.1, 0.15) is 5.69 Å².